The van der Waals surface area contributed by atoms with E-state index in [4.69, 9.17) is 14.2 Å². The molecule has 156 valence electrons. The van der Waals surface area contributed by atoms with E-state index in [2.05, 4.69) is 4.98 Å². The third-order valence-corrected chi connectivity index (χ3v) is 5.00. The maximum Gasteiger partial charge on any atom is 0.203 e. The molecule has 0 amide bonds. The Morgan fingerprint density at radius 1 is 0.839 bits per heavy atom. The number of ether oxygens (including phenoxy) is 3. The molecule has 0 N–H and O–H groups in total. The number of hydrogen-bond donors (Lipinski definition) is 0. The van der Waals surface area contributed by atoms with Crippen LogP contribution in [0.4, 0.5) is 0 Å². The minimum Gasteiger partial charge on any atom is -0.493 e. The maximum absolute atomic E-state index is 13.6. The SMILES string of the molecule is COc1cc(C(=O)c2cn(-c3ccccn3)cc2-c2ccccc2)cc(OC)c1OC. The van der Waals surface area contributed by atoms with Gasteiger partial charge in [-0.2, -0.15) is 0 Å². The summed E-state index contributed by atoms with van der Waals surface area (Å²) in [6, 6.07) is 18.8. The molecule has 0 saturated carbocycles. The summed E-state index contributed by atoms with van der Waals surface area (Å²) >= 11 is 0. The van der Waals surface area contributed by atoms with E-state index in [1.807, 2.05) is 59.3 Å². The third-order valence-electron chi connectivity index (χ3n) is 5.00. The molecule has 0 atom stereocenters. The number of hydrogen-bond acceptors (Lipinski definition) is 5. The van der Waals surface area contributed by atoms with Gasteiger partial charge >= 0.3 is 0 Å². The minimum absolute atomic E-state index is 0.159. The van der Waals surface area contributed by atoms with Crippen molar-refractivity contribution in [1.29, 1.82) is 0 Å². The van der Waals surface area contributed by atoms with Gasteiger partial charge in [0.25, 0.3) is 0 Å². The van der Waals surface area contributed by atoms with Gasteiger partial charge in [0.15, 0.2) is 17.3 Å². The highest BCUT2D eigenvalue weighted by atomic mass is 16.5. The molecule has 4 rings (SSSR count). The largest absolute Gasteiger partial charge is 0.493 e. The first-order valence-corrected chi connectivity index (χ1v) is 9.69. The van der Waals surface area contributed by atoms with Gasteiger partial charge in [0.05, 0.1) is 21.3 Å². The van der Waals surface area contributed by atoms with E-state index in [0.29, 0.717) is 28.4 Å². The second-order valence-electron chi connectivity index (χ2n) is 6.79. The van der Waals surface area contributed by atoms with Crippen LogP contribution < -0.4 is 14.2 Å². The standard InChI is InChI=1S/C25H22N2O4/c1-29-21-13-18(14-22(30-2)25(21)31-3)24(28)20-16-27(23-11-7-8-12-26-23)15-19(20)17-9-5-4-6-10-17/h4-16H,1-3H3. The minimum atomic E-state index is -0.159. The Kier molecular flexibility index (Phi) is 5.71. The lowest BCUT2D eigenvalue weighted by Gasteiger charge is -2.14. The summed E-state index contributed by atoms with van der Waals surface area (Å²) < 4.78 is 18.1. The molecule has 0 unspecified atom stereocenters. The molecule has 2 aromatic carbocycles. The van der Waals surface area contributed by atoms with E-state index in [1.54, 1.807) is 24.5 Å². The zero-order valence-corrected chi connectivity index (χ0v) is 17.5. The predicted octanol–water partition coefficient (Wildman–Crippen LogP) is 4.80. The Morgan fingerprint density at radius 3 is 2.10 bits per heavy atom. The molecule has 0 bridgehead atoms. The zero-order valence-electron chi connectivity index (χ0n) is 17.5. The van der Waals surface area contributed by atoms with Gasteiger partial charge in [0.1, 0.15) is 5.82 Å². The van der Waals surface area contributed by atoms with Crippen LogP contribution in [0.15, 0.2) is 79.3 Å². The quantitative estimate of drug-likeness (QED) is 0.407. The lowest BCUT2D eigenvalue weighted by Crippen LogP contribution is -2.04. The number of benzene rings is 2. The fourth-order valence-corrected chi connectivity index (χ4v) is 3.49. The molecule has 2 aromatic heterocycles. The van der Waals surface area contributed by atoms with Crippen LogP contribution in [0.2, 0.25) is 0 Å². The number of methoxy groups -OCH3 is 3. The monoisotopic (exact) mass is 414 g/mol. The molecular formula is C25H22N2O4. The molecule has 4 aromatic rings. The van der Waals surface area contributed by atoms with Gasteiger partial charge < -0.3 is 18.8 Å². The molecule has 0 fully saturated rings. The van der Waals surface area contributed by atoms with Gasteiger partial charge in [0.2, 0.25) is 5.75 Å². The highest BCUT2D eigenvalue weighted by Crippen LogP contribution is 2.39. The molecule has 2 heterocycles. The molecule has 0 radical (unpaired) electrons. The zero-order chi connectivity index (χ0) is 21.8. The van der Waals surface area contributed by atoms with Crippen molar-refractivity contribution >= 4 is 5.78 Å². The normalized spacial score (nSPS) is 10.5. The van der Waals surface area contributed by atoms with E-state index < -0.39 is 0 Å². The highest BCUT2D eigenvalue weighted by Gasteiger charge is 2.22. The summed E-state index contributed by atoms with van der Waals surface area (Å²) in [6.45, 7) is 0. The second kappa shape index (κ2) is 8.75. The first kappa shape index (κ1) is 20.2. The number of pyridine rings is 1. The van der Waals surface area contributed by atoms with Crippen LogP contribution in [-0.2, 0) is 0 Å². The van der Waals surface area contributed by atoms with E-state index >= 15 is 0 Å². The number of carbonyl (C=O) groups is 1. The average Bonchev–Trinajstić information content (AvgIpc) is 3.29. The van der Waals surface area contributed by atoms with Gasteiger partial charge in [-0.3, -0.25) is 4.79 Å². The Hall–Kier alpha value is -4.06. The molecule has 0 saturated heterocycles. The number of rotatable bonds is 7. The smallest absolute Gasteiger partial charge is 0.203 e. The topological polar surface area (TPSA) is 62.6 Å². The van der Waals surface area contributed by atoms with Gasteiger partial charge in [-0.15, -0.1) is 0 Å². The lowest BCUT2D eigenvalue weighted by atomic mass is 9.97. The van der Waals surface area contributed by atoms with Crippen LogP contribution in [-0.4, -0.2) is 36.7 Å². The Balaban J connectivity index is 1.87. The van der Waals surface area contributed by atoms with Crippen LogP contribution in [0.5, 0.6) is 17.2 Å². The molecule has 0 aliphatic heterocycles. The first-order chi connectivity index (χ1) is 15.2. The Labute approximate surface area is 180 Å². The Morgan fingerprint density at radius 2 is 1.52 bits per heavy atom. The van der Waals surface area contributed by atoms with E-state index in [0.717, 1.165) is 16.9 Å². The van der Waals surface area contributed by atoms with Crippen molar-refractivity contribution in [3.63, 3.8) is 0 Å². The van der Waals surface area contributed by atoms with Gasteiger partial charge in [-0.1, -0.05) is 36.4 Å². The molecule has 6 heteroatoms. The number of carbonyl (C=O) groups excluding carboxylic acids is 1. The predicted molar refractivity (Wildman–Crippen MR) is 119 cm³/mol. The van der Waals surface area contributed by atoms with Gasteiger partial charge in [0, 0.05) is 35.3 Å². The van der Waals surface area contributed by atoms with Crippen LogP contribution in [0, 0.1) is 0 Å². The molecule has 6 nitrogen and oxygen atoms in total. The fraction of sp³-hybridized carbons (Fsp3) is 0.120. The van der Waals surface area contributed by atoms with Crippen molar-refractivity contribution < 1.29 is 19.0 Å². The lowest BCUT2D eigenvalue weighted by molar-refractivity contribution is 0.103. The van der Waals surface area contributed by atoms with Gasteiger partial charge in [-0.25, -0.2) is 4.98 Å². The molecule has 0 spiro atoms. The fourth-order valence-electron chi connectivity index (χ4n) is 3.49. The summed E-state index contributed by atoms with van der Waals surface area (Å²) in [5.74, 6) is 1.86. The van der Waals surface area contributed by atoms with Crippen molar-refractivity contribution in [2.75, 3.05) is 21.3 Å². The number of ketones is 1. The average molecular weight is 414 g/mol. The van der Waals surface area contributed by atoms with Crippen molar-refractivity contribution in [3.05, 3.63) is 90.4 Å². The summed E-state index contributed by atoms with van der Waals surface area (Å²) in [5, 5.41) is 0. The summed E-state index contributed by atoms with van der Waals surface area (Å²) in [7, 11) is 4.58. The molecular weight excluding hydrogens is 392 g/mol. The van der Waals surface area contributed by atoms with Crippen molar-refractivity contribution in [2.45, 2.75) is 0 Å². The van der Waals surface area contributed by atoms with E-state index in [-0.39, 0.29) is 5.78 Å². The van der Waals surface area contributed by atoms with E-state index in [9.17, 15) is 4.79 Å². The van der Waals surface area contributed by atoms with E-state index in [1.165, 1.54) is 21.3 Å². The van der Waals surface area contributed by atoms with Crippen LogP contribution in [0.25, 0.3) is 16.9 Å². The molecule has 31 heavy (non-hydrogen) atoms. The van der Waals surface area contributed by atoms with Crippen LogP contribution >= 0.6 is 0 Å². The van der Waals surface area contributed by atoms with Crippen molar-refractivity contribution in [3.8, 4) is 34.2 Å². The maximum atomic E-state index is 13.6. The molecule has 0 aliphatic carbocycles. The van der Waals surface area contributed by atoms with Crippen LogP contribution in [0.1, 0.15) is 15.9 Å². The van der Waals surface area contributed by atoms with Crippen molar-refractivity contribution in [1.82, 2.24) is 9.55 Å². The van der Waals surface area contributed by atoms with Crippen LogP contribution in [0.3, 0.4) is 0 Å². The second-order valence-corrected chi connectivity index (χ2v) is 6.79. The summed E-state index contributed by atoms with van der Waals surface area (Å²) in [5.41, 5.74) is 2.73. The third kappa shape index (κ3) is 3.88. The van der Waals surface area contributed by atoms with Gasteiger partial charge in [-0.05, 0) is 29.8 Å². The van der Waals surface area contributed by atoms with Crippen molar-refractivity contribution in [2.24, 2.45) is 0 Å². The molecule has 0 aliphatic rings. The summed E-state index contributed by atoms with van der Waals surface area (Å²) in [6.07, 6.45) is 5.44. The number of aromatic nitrogens is 2. The number of nitrogens with zero attached hydrogens (tertiary/aromatic N) is 2. The summed E-state index contributed by atoms with van der Waals surface area (Å²) in [4.78, 5) is 18.0. The first-order valence-electron chi connectivity index (χ1n) is 9.69. The highest BCUT2D eigenvalue weighted by molar-refractivity contribution is 6.13. The Bertz CT molecular complexity index is 1180.